The summed E-state index contributed by atoms with van der Waals surface area (Å²) in [4.78, 5) is 24.9. The van der Waals surface area contributed by atoms with Gasteiger partial charge in [-0.3, -0.25) is 4.79 Å². The van der Waals surface area contributed by atoms with Crippen molar-refractivity contribution in [3.63, 3.8) is 0 Å². The van der Waals surface area contributed by atoms with Crippen molar-refractivity contribution >= 4 is 12.0 Å². The SMILES string of the molecule is CN(C)C1(CNC(=O)NC2C=CC(C(=O)O)C2)CCC1. The van der Waals surface area contributed by atoms with Crippen LogP contribution in [0.2, 0.25) is 0 Å². The largest absolute Gasteiger partial charge is 0.481 e. The molecule has 3 N–H and O–H groups in total. The van der Waals surface area contributed by atoms with E-state index in [2.05, 4.69) is 15.5 Å². The monoisotopic (exact) mass is 281 g/mol. The summed E-state index contributed by atoms with van der Waals surface area (Å²) in [6.45, 7) is 0.630. The van der Waals surface area contributed by atoms with Crippen molar-refractivity contribution in [2.75, 3.05) is 20.6 Å². The molecule has 0 saturated heterocycles. The Morgan fingerprint density at radius 3 is 2.50 bits per heavy atom. The molecule has 0 aromatic heterocycles. The van der Waals surface area contributed by atoms with Crippen LogP contribution in [-0.4, -0.2) is 54.2 Å². The highest BCUT2D eigenvalue weighted by molar-refractivity contribution is 5.76. The van der Waals surface area contributed by atoms with E-state index in [9.17, 15) is 9.59 Å². The number of nitrogens with zero attached hydrogens (tertiary/aromatic N) is 1. The Morgan fingerprint density at radius 1 is 1.35 bits per heavy atom. The van der Waals surface area contributed by atoms with Crippen molar-refractivity contribution in [1.82, 2.24) is 15.5 Å². The first-order valence-corrected chi connectivity index (χ1v) is 7.06. The minimum Gasteiger partial charge on any atom is -0.481 e. The molecule has 1 fully saturated rings. The molecule has 0 heterocycles. The van der Waals surface area contributed by atoms with Crippen molar-refractivity contribution in [1.29, 1.82) is 0 Å². The van der Waals surface area contributed by atoms with Crippen LogP contribution in [0, 0.1) is 5.92 Å². The number of rotatable bonds is 5. The van der Waals surface area contributed by atoms with E-state index in [0.29, 0.717) is 13.0 Å². The molecule has 2 aliphatic rings. The van der Waals surface area contributed by atoms with E-state index in [1.54, 1.807) is 12.2 Å². The summed E-state index contributed by atoms with van der Waals surface area (Å²) in [7, 11) is 4.08. The lowest BCUT2D eigenvalue weighted by Crippen LogP contribution is -2.58. The molecule has 0 aromatic carbocycles. The van der Waals surface area contributed by atoms with Crippen LogP contribution in [0.25, 0.3) is 0 Å². The lowest BCUT2D eigenvalue weighted by molar-refractivity contribution is -0.140. The maximum Gasteiger partial charge on any atom is 0.315 e. The average Bonchev–Trinajstić information content (AvgIpc) is 2.75. The molecule has 1 saturated carbocycles. The topological polar surface area (TPSA) is 81.7 Å². The molecule has 2 rings (SSSR count). The second-order valence-electron chi connectivity index (χ2n) is 5.97. The van der Waals surface area contributed by atoms with E-state index < -0.39 is 11.9 Å². The van der Waals surface area contributed by atoms with Crippen LogP contribution in [0.15, 0.2) is 12.2 Å². The normalized spacial score (nSPS) is 27.1. The predicted molar refractivity (Wildman–Crippen MR) is 75.5 cm³/mol. The first-order chi connectivity index (χ1) is 9.43. The van der Waals surface area contributed by atoms with Gasteiger partial charge < -0.3 is 20.6 Å². The van der Waals surface area contributed by atoms with E-state index >= 15 is 0 Å². The zero-order chi connectivity index (χ0) is 14.8. The molecule has 6 heteroatoms. The molecule has 2 atom stereocenters. The number of carboxylic acids is 1. The Morgan fingerprint density at radius 2 is 2.05 bits per heavy atom. The first-order valence-electron chi connectivity index (χ1n) is 7.06. The van der Waals surface area contributed by atoms with Gasteiger partial charge in [0.25, 0.3) is 0 Å². The third kappa shape index (κ3) is 3.12. The summed E-state index contributed by atoms with van der Waals surface area (Å²) < 4.78 is 0. The predicted octanol–water partition coefficient (Wildman–Crippen LogP) is 0.799. The molecule has 112 valence electrons. The van der Waals surface area contributed by atoms with Crippen molar-refractivity contribution in [3.8, 4) is 0 Å². The highest BCUT2D eigenvalue weighted by Crippen LogP contribution is 2.35. The summed E-state index contributed by atoms with van der Waals surface area (Å²) in [6, 6.07) is -0.411. The number of aliphatic carboxylic acids is 1. The number of carboxylic acid groups (broad SMARTS) is 1. The van der Waals surface area contributed by atoms with Crippen LogP contribution in [0.5, 0.6) is 0 Å². The lowest BCUT2D eigenvalue weighted by Gasteiger charge is -2.47. The number of carbonyl (C=O) groups excluding carboxylic acids is 1. The third-order valence-electron chi connectivity index (χ3n) is 4.53. The number of hydrogen-bond acceptors (Lipinski definition) is 3. The second-order valence-corrected chi connectivity index (χ2v) is 5.97. The molecular weight excluding hydrogens is 258 g/mol. The molecule has 2 aliphatic carbocycles. The number of nitrogens with one attached hydrogen (secondary N) is 2. The Labute approximate surface area is 119 Å². The van der Waals surface area contributed by atoms with Crippen molar-refractivity contribution < 1.29 is 14.7 Å². The quantitative estimate of drug-likeness (QED) is 0.651. The molecule has 0 aromatic rings. The van der Waals surface area contributed by atoms with E-state index in [1.807, 2.05) is 14.1 Å². The fourth-order valence-corrected chi connectivity index (χ4v) is 2.82. The Kier molecular flexibility index (Phi) is 4.32. The standard InChI is InChI=1S/C14H23N3O3/c1-17(2)14(6-3-7-14)9-15-13(20)16-11-5-4-10(8-11)12(18)19/h4-5,10-11H,3,6-9H2,1-2H3,(H,18,19)(H2,15,16,20). The Bertz CT molecular complexity index is 416. The van der Waals surface area contributed by atoms with Crippen LogP contribution in [0.4, 0.5) is 4.79 Å². The van der Waals surface area contributed by atoms with Crippen molar-refractivity contribution in [2.24, 2.45) is 5.92 Å². The second kappa shape index (κ2) is 5.83. The zero-order valence-corrected chi connectivity index (χ0v) is 12.1. The number of hydrogen-bond donors (Lipinski definition) is 3. The molecule has 6 nitrogen and oxygen atoms in total. The molecule has 2 amide bonds. The Balaban J connectivity index is 1.74. The minimum atomic E-state index is -0.841. The maximum absolute atomic E-state index is 11.9. The number of carbonyl (C=O) groups is 2. The average molecular weight is 281 g/mol. The Hall–Kier alpha value is -1.56. The van der Waals surface area contributed by atoms with Gasteiger partial charge in [0.1, 0.15) is 0 Å². The van der Waals surface area contributed by atoms with Gasteiger partial charge in [0.05, 0.1) is 12.0 Å². The number of amides is 2. The summed E-state index contributed by atoms with van der Waals surface area (Å²) in [6.07, 6.45) is 7.23. The van der Waals surface area contributed by atoms with Crippen LogP contribution in [0.3, 0.4) is 0 Å². The highest BCUT2D eigenvalue weighted by atomic mass is 16.4. The molecule has 0 spiro atoms. The van der Waals surface area contributed by atoms with Crippen LogP contribution in [0.1, 0.15) is 25.7 Å². The van der Waals surface area contributed by atoms with Gasteiger partial charge in [-0.15, -0.1) is 0 Å². The summed E-state index contributed by atoms with van der Waals surface area (Å²) in [5.41, 5.74) is 0.0897. The van der Waals surface area contributed by atoms with Gasteiger partial charge >= 0.3 is 12.0 Å². The molecule has 0 aliphatic heterocycles. The van der Waals surface area contributed by atoms with Crippen LogP contribution >= 0.6 is 0 Å². The highest BCUT2D eigenvalue weighted by Gasteiger charge is 2.39. The fourth-order valence-electron chi connectivity index (χ4n) is 2.82. The lowest BCUT2D eigenvalue weighted by atomic mass is 9.75. The van der Waals surface area contributed by atoms with Crippen LogP contribution < -0.4 is 10.6 Å². The van der Waals surface area contributed by atoms with Crippen LogP contribution in [-0.2, 0) is 4.79 Å². The minimum absolute atomic E-state index is 0.0897. The fraction of sp³-hybridized carbons (Fsp3) is 0.714. The van der Waals surface area contributed by atoms with E-state index in [4.69, 9.17) is 5.11 Å². The van der Waals surface area contributed by atoms with E-state index in [1.165, 1.54) is 6.42 Å². The molecule has 0 radical (unpaired) electrons. The first kappa shape index (κ1) is 14.8. The zero-order valence-electron chi connectivity index (χ0n) is 12.1. The maximum atomic E-state index is 11.9. The van der Waals surface area contributed by atoms with Gasteiger partial charge in [-0.05, 0) is 39.8 Å². The van der Waals surface area contributed by atoms with E-state index in [0.717, 1.165) is 12.8 Å². The van der Waals surface area contributed by atoms with Gasteiger partial charge in [-0.1, -0.05) is 12.2 Å². The van der Waals surface area contributed by atoms with Gasteiger partial charge in [0.15, 0.2) is 0 Å². The van der Waals surface area contributed by atoms with E-state index in [-0.39, 0.29) is 17.6 Å². The number of urea groups is 1. The molecule has 2 unspecified atom stereocenters. The van der Waals surface area contributed by atoms with Gasteiger partial charge in [-0.2, -0.15) is 0 Å². The third-order valence-corrected chi connectivity index (χ3v) is 4.53. The smallest absolute Gasteiger partial charge is 0.315 e. The summed E-state index contributed by atoms with van der Waals surface area (Å²) in [5, 5.41) is 14.6. The van der Waals surface area contributed by atoms with Crippen molar-refractivity contribution in [3.05, 3.63) is 12.2 Å². The molecule has 20 heavy (non-hydrogen) atoms. The summed E-state index contributed by atoms with van der Waals surface area (Å²) in [5.74, 6) is -1.33. The molecular formula is C14H23N3O3. The molecule has 0 bridgehead atoms. The van der Waals surface area contributed by atoms with Gasteiger partial charge in [-0.25, -0.2) is 4.79 Å². The summed E-state index contributed by atoms with van der Waals surface area (Å²) >= 11 is 0. The van der Waals surface area contributed by atoms with Gasteiger partial charge in [0, 0.05) is 12.1 Å². The van der Waals surface area contributed by atoms with Crippen molar-refractivity contribution in [2.45, 2.75) is 37.3 Å². The number of likely N-dealkylation sites (N-methyl/N-ethyl adjacent to an activating group) is 1. The van der Waals surface area contributed by atoms with Gasteiger partial charge in [0.2, 0.25) is 0 Å².